The number of anilines is 1. The molecule has 2 unspecified atom stereocenters. The lowest BCUT2D eigenvalue weighted by molar-refractivity contribution is -0.128. The fraction of sp³-hybridized carbons (Fsp3) is 0.500. The molecule has 7 nitrogen and oxygen atoms in total. The maximum Gasteiger partial charge on any atom is 0.261 e. The average molecular weight is 370 g/mol. The highest BCUT2D eigenvalue weighted by Crippen LogP contribution is 2.32. The summed E-state index contributed by atoms with van der Waals surface area (Å²) in [5.41, 5.74) is 0.823. The van der Waals surface area contributed by atoms with Gasteiger partial charge in [0.2, 0.25) is 0 Å². The second kappa shape index (κ2) is 6.59. The van der Waals surface area contributed by atoms with Crippen LogP contribution in [0.25, 0.3) is 11.0 Å². The monoisotopic (exact) mass is 370 g/mol. The lowest BCUT2D eigenvalue weighted by Crippen LogP contribution is -2.49. The van der Waals surface area contributed by atoms with E-state index < -0.39 is 0 Å². The first-order valence-corrected chi connectivity index (χ1v) is 10.2. The van der Waals surface area contributed by atoms with Crippen LogP contribution in [0.5, 0.6) is 0 Å². The number of piperidine rings is 1. The van der Waals surface area contributed by atoms with Gasteiger partial charge in [0.05, 0.1) is 10.3 Å². The summed E-state index contributed by atoms with van der Waals surface area (Å²) >= 11 is 1.65. The molecule has 5 rings (SSSR count). The van der Waals surface area contributed by atoms with Crippen LogP contribution in [0, 0.1) is 5.92 Å². The molecule has 0 saturated carbocycles. The second-order valence-electron chi connectivity index (χ2n) is 7.12. The third-order valence-corrected chi connectivity index (χ3v) is 6.62. The number of aromatic amines is 1. The molecule has 3 aliphatic heterocycles. The third kappa shape index (κ3) is 2.77. The number of carbonyl (C=O) groups excluding carboxylic acids is 1. The van der Waals surface area contributed by atoms with E-state index in [0.29, 0.717) is 6.04 Å². The van der Waals surface area contributed by atoms with Gasteiger partial charge < -0.3 is 20.1 Å². The molecular weight excluding hydrogens is 348 g/mol. The number of fused-ring (bicyclic) bond motifs is 2. The highest BCUT2D eigenvalue weighted by Gasteiger charge is 2.35. The number of carbonyl (C=O) groups is 1. The molecule has 8 heteroatoms. The van der Waals surface area contributed by atoms with Crippen molar-refractivity contribution in [1.29, 1.82) is 0 Å². The van der Waals surface area contributed by atoms with Crippen LogP contribution in [0.2, 0.25) is 0 Å². The predicted octanol–water partition coefficient (Wildman–Crippen LogP) is 1.56. The van der Waals surface area contributed by atoms with Crippen LogP contribution < -0.4 is 10.2 Å². The number of nitrogens with zero attached hydrogens (tertiary/aromatic N) is 4. The Hall–Kier alpha value is -2.06. The number of hydrogen-bond donors (Lipinski definition) is 2. The summed E-state index contributed by atoms with van der Waals surface area (Å²) in [5.74, 6) is 2.64. The Morgan fingerprint density at radius 1 is 1.27 bits per heavy atom. The van der Waals surface area contributed by atoms with Gasteiger partial charge in [-0.05, 0) is 31.4 Å². The van der Waals surface area contributed by atoms with E-state index in [1.807, 2.05) is 23.4 Å². The van der Waals surface area contributed by atoms with Gasteiger partial charge in [0.1, 0.15) is 17.8 Å². The highest BCUT2D eigenvalue weighted by molar-refractivity contribution is 8.04. The van der Waals surface area contributed by atoms with Crippen molar-refractivity contribution in [3.63, 3.8) is 0 Å². The smallest absolute Gasteiger partial charge is 0.261 e. The van der Waals surface area contributed by atoms with Crippen LogP contribution in [0.3, 0.4) is 0 Å². The third-order valence-electron chi connectivity index (χ3n) is 5.64. The van der Waals surface area contributed by atoms with Gasteiger partial charge in [-0.2, -0.15) is 0 Å². The normalized spacial score (nSPS) is 26.1. The SMILES string of the molecule is O=C(C1=CN(c2ncnc3[nH]ccc23)CCS1)N1CCC2CCNC2C1. The molecule has 2 aromatic heterocycles. The lowest BCUT2D eigenvalue weighted by atomic mass is 9.92. The minimum Gasteiger partial charge on any atom is -0.346 e. The van der Waals surface area contributed by atoms with Crippen molar-refractivity contribution < 1.29 is 4.79 Å². The predicted molar refractivity (Wildman–Crippen MR) is 103 cm³/mol. The molecule has 0 spiro atoms. The van der Waals surface area contributed by atoms with E-state index in [1.165, 1.54) is 6.42 Å². The fourth-order valence-corrected chi connectivity index (χ4v) is 5.20. The zero-order valence-corrected chi connectivity index (χ0v) is 15.3. The molecule has 136 valence electrons. The van der Waals surface area contributed by atoms with Gasteiger partial charge in [0, 0.05) is 43.8 Å². The van der Waals surface area contributed by atoms with Crippen molar-refractivity contribution >= 4 is 34.5 Å². The van der Waals surface area contributed by atoms with Gasteiger partial charge >= 0.3 is 0 Å². The Morgan fingerprint density at radius 2 is 2.23 bits per heavy atom. The summed E-state index contributed by atoms with van der Waals surface area (Å²) in [4.78, 5) is 29.8. The summed E-state index contributed by atoms with van der Waals surface area (Å²) in [7, 11) is 0. The van der Waals surface area contributed by atoms with E-state index in [9.17, 15) is 4.79 Å². The Morgan fingerprint density at radius 3 is 3.19 bits per heavy atom. The number of nitrogens with one attached hydrogen (secondary N) is 2. The van der Waals surface area contributed by atoms with Crippen molar-refractivity contribution in [2.45, 2.75) is 18.9 Å². The molecule has 0 bridgehead atoms. The first kappa shape index (κ1) is 16.1. The van der Waals surface area contributed by atoms with Gasteiger partial charge in [-0.15, -0.1) is 11.8 Å². The summed E-state index contributed by atoms with van der Waals surface area (Å²) in [6, 6.07) is 2.46. The molecule has 26 heavy (non-hydrogen) atoms. The second-order valence-corrected chi connectivity index (χ2v) is 8.26. The van der Waals surface area contributed by atoms with Gasteiger partial charge in [-0.25, -0.2) is 9.97 Å². The molecule has 1 amide bonds. The van der Waals surface area contributed by atoms with E-state index in [1.54, 1.807) is 18.1 Å². The van der Waals surface area contributed by atoms with Crippen molar-refractivity contribution in [1.82, 2.24) is 25.2 Å². The zero-order valence-electron chi connectivity index (χ0n) is 14.5. The van der Waals surface area contributed by atoms with E-state index >= 15 is 0 Å². The van der Waals surface area contributed by atoms with Gasteiger partial charge in [-0.3, -0.25) is 4.79 Å². The first-order valence-electron chi connectivity index (χ1n) is 9.21. The number of aromatic nitrogens is 3. The number of rotatable bonds is 2. The number of thioether (sulfide) groups is 1. The van der Waals surface area contributed by atoms with Crippen LogP contribution in [0.4, 0.5) is 5.82 Å². The molecule has 2 atom stereocenters. The van der Waals surface area contributed by atoms with Crippen molar-refractivity contribution in [2.24, 2.45) is 5.92 Å². The van der Waals surface area contributed by atoms with Gasteiger partial charge in [-0.1, -0.05) is 0 Å². The van der Waals surface area contributed by atoms with Crippen LogP contribution in [0.15, 0.2) is 29.7 Å². The molecule has 2 fully saturated rings. The minimum atomic E-state index is 0.159. The van der Waals surface area contributed by atoms with Crippen LogP contribution in [0.1, 0.15) is 12.8 Å². The Balaban J connectivity index is 1.38. The van der Waals surface area contributed by atoms with E-state index in [-0.39, 0.29) is 5.91 Å². The van der Waals surface area contributed by atoms with Gasteiger partial charge in [0.15, 0.2) is 0 Å². The van der Waals surface area contributed by atoms with Crippen molar-refractivity contribution in [3.8, 4) is 0 Å². The maximum atomic E-state index is 13.1. The van der Waals surface area contributed by atoms with Crippen LogP contribution in [-0.2, 0) is 4.79 Å². The molecule has 2 aromatic rings. The van der Waals surface area contributed by atoms with Crippen molar-refractivity contribution in [2.75, 3.05) is 36.8 Å². The number of likely N-dealkylation sites (tertiary alicyclic amines) is 1. The Bertz CT molecular complexity index is 864. The molecule has 2 saturated heterocycles. The molecule has 5 heterocycles. The molecule has 3 aliphatic rings. The first-order chi connectivity index (χ1) is 12.8. The Kier molecular flexibility index (Phi) is 4.09. The van der Waals surface area contributed by atoms with Crippen LogP contribution >= 0.6 is 11.8 Å². The minimum absolute atomic E-state index is 0.159. The summed E-state index contributed by atoms with van der Waals surface area (Å²) < 4.78 is 0. The van der Waals surface area contributed by atoms with Gasteiger partial charge in [0.25, 0.3) is 5.91 Å². The number of amides is 1. The summed E-state index contributed by atoms with van der Waals surface area (Å²) in [6.07, 6.45) is 7.77. The van der Waals surface area contributed by atoms with Crippen LogP contribution in [-0.4, -0.2) is 63.7 Å². The quantitative estimate of drug-likeness (QED) is 0.836. The lowest BCUT2D eigenvalue weighted by Gasteiger charge is -2.36. The fourth-order valence-electron chi connectivity index (χ4n) is 4.24. The zero-order chi connectivity index (χ0) is 17.5. The average Bonchev–Trinajstić information content (AvgIpc) is 3.35. The molecule has 0 aliphatic carbocycles. The van der Waals surface area contributed by atoms with E-state index in [2.05, 4.69) is 25.2 Å². The van der Waals surface area contributed by atoms with E-state index in [0.717, 1.165) is 66.0 Å². The highest BCUT2D eigenvalue weighted by atomic mass is 32.2. The van der Waals surface area contributed by atoms with Crippen molar-refractivity contribution in [3.05, 3.63) is 29.7 Å². The number of H-pyrrole nitrogens is 1. The maximum absolute atomic E-state index is 13.1. The molecule has 0 radical (unpaired) electrons. The van der Waals surface area contributed by atoms with E-state index in [4.69, 9.17) is 0 Å². The standard InChI is InChI=1S/C18H22N6OS/c25-18(24-6-3-12-1-4-19-14(12)9-24)15-10-23(7-8-26-15)17-13-2-5-20-16(13)21-11-22-17/h2,5,10-12,14,19H,1,3-4,6-9H2,(H,20,21,22). The Labute approximate surface area is 156 Å². The molecule has 0 aromatic carbocycles. The molecule has 2 N–H and O–H groups in total. The topological polar surface area (TPSA) is 77.2 Å². The summed E-state index contributed by atoms with van der Waals surface area (Å²) in [6.45, 7) is 3.63. The number of hydrogen-bond acceptors (Lipinski definition) is 6. The molecular formula is C18H22N6OS. The summed E-state index contributed by atoms with van der Waals surface area (Å²) in [5, 5.41) is 4.53. The largest absolute Gasteiger partial charge is 0.346 e.